The van der Waals surface area contributed by atoms with Crippen molar-refractivity contribution in [3.05, 3.63) is 34.7 Å². The lowest BCUT2D eigenvalue weighted by Gasteiger charge is -1.98. The molecule has 5 heteroatoms. The predicted octanol–water partition coefficient (Wildman–Crippen LogP) is 1.59. The Hall–Kier alpha value is -1.75. The Balaban J connectivity index is 2.35. The molecule has 15 heavy (non-hydrogen) atoms. The van der Waals surface area contributed by atoms with Gasteiger partial charge in [0.1, 0.15) is 0 Å². The van der Waals surface area contributed by atoms with E-state index in [4.69, 9.17) is 5.73 Å². The third-order valence-corrected chi connectivity index (χ3v) is 2.74. The molecule has 0 radical (unpaired) electrons. The Morgan fingerprint density at radius 2 is 2.00 bits per heavy atom. The molecule has 1 aliphatic heterocycles. The summed E-state index contributed by atoms with van der Waals surface area (Å²) in [6, 6.07) is 7.16. The molecule has 2 rings (SSSR count). The van der Waals surface area contributed by atoms with Gasteiger partial charge in [0, 0.05) is 5.69 Å². The normalized spacial score (nSPS) is 18.3. The highest BCUT2D eigenvalue weighted by molar-refractivity contribution is 8.18. The van der Waals surface area contributed by atoms with Crippen LogP contribution in [-0.2, 0) is 4.79 Å². The quantitative estimate of drug-likeness (QED) is 0.557. The third kappa shape index (κ3) is 2.02. The van der Waals surface area contributed by atoms with E-state index in [-0.39, 0.29) is 11.1 Å². The van der Waals surface area contributed by atoms with Gasteiger partial charge in [0.15, 0.2) is 0 Å². The maximum atomic E-state index is 11.2. The van der Waals surface area contributed by atoms with Crippen molar-refractivity contribution in [2.24, 2.45) is 0 Å². The second kappa shape index (κ2) is 3.78. The van der Waals surface area contributed by atoms with Crippen molar-refractivity contribution in [2.45, 2.75) is 0 Å². The molecule has 1 aliphatic rings. The number of benzene rings is 1. The van der Waals surface area contributed by atoms with E-state index in [1.165, 1.54) is 0 Å². The average Bonchev–Trinajstić information content (AvgIpc) is 2.49. The largest absolute Gasteiger partial charge is 0.398 e. The summed E-state index contributed by atoms with van der Waals surface area (Å²) in [5.74, 6) is -0.367. The zero-order chi connectivity index (χ0) is 10.8. The van der Waals surface area contributed by atoms with E-state index in [9.17, 15) is 9.59 Å². The van der Waals surface area contributed by atoms with Gasteiger partial charge in [-0.2, -0.15) is 0 Å². The van der Waals surface area contributed by atoms with E-state index in [0.29, 0.717) is 10.6 Å². The van der Waals surface area contributed by atoms with Crippen LogP contribution < -0.4 is 11.1 Å². The van der Waals surface area contributed by atoms with Crippen molar-refractivity contribution >= 4 is 34.7 Å². The van der Waals surface area contributed by atoms with Crippen molar-refractivity contribution in [1.29, 1.82) is 0 Å². The first-order chi connectivity index (χ1) is 7.16. The molecule has 76 valence electrons. The van der Waals surface area contributed by atoms with Crippen LogP contribution in [0, 0.1) is 0 Å². The molecule has 1 fully saturated rings. The van der Waals surface area contributed by atoms with Crippen LogP contribution in [0.5, 0.6) is 0 Å². The summed E-state index contributed by atoms with van der Waals surface area (Å²) in [7, 11) is 0. The van der Waals surface area contributed by atoms with Gasteiger partial charge in [0.05, 0.1) is 4.91 Å². The molecule has 2 amide bonds. The topological polar surface area (TPSA) is 72.2 Å². The molecule has 1 aromatic rings. The molecule has 0 spiro atoms. The second-order valence-corrected chi connectivity index (χ2v) is 4.00. The molecular weight excluding hydrogens is 212 g/mol. The SMILES string of the molecule is Nc1ccccc1/C=C1\SC(=O)NC1=O. The van der Waals surface area contributed by atoms with Crippen molar-refractivity contribution in [3.8, 4) is 0 Å². The minimum Gasteiger partial charge on any atom is -0.398 e. The number of nitrogens with two attached hydrogens (primary N) is 1. The molecule has 1 heterocycles. The van der Waals surface area contributed by atoms with Crippen LogP contribution in [0.3, 0.4) is 0 Å². The number of nitrogen functional groups attached to an aromatic ring is 1. The van der Waals surface area contributed by atoms with E-state index in [1.807, 2.05) is 12.1 Å². The first-order valence-corrected chi connectivity index (χ1v) is 5.08. The smallest absolute Gasteiger partial charge is 0.290 e. The van der Waals surface area contributed by atoms with Crippen LogP contribution in [0.1, 0.15) is 5.56 Å². The molecule has 0 atom stereocenters. The van der Waals surface area contributed by atoms with Gasteiger partial charge in [0.2, 0.25) is 0 Å². The first kappa shape index (κ1) is 9.79. The number of carbonyl (C=O) groups excluding carboxylic acids is 2. The minimum atomic E-state index is -0.367. The van der Waals surface area contributed by atoms with Gasteiger partial charge >= 0.3 is 0 Å². The number of hydrogen-bond acceptors (Lipinski definition) is 4. The molecule has 3 N–H and O–H groups in total. The minimum absolute atomic E-state index is 0.347. The fraction of sp³-hybridized carbons (Fsp3) is 0. The van der Waals surface area contributed by atoms with Crippen LogP contribution in [-0.4, -0.2) is 11.1 Å². The van der Waals surface area contributed by atoms with E-state index >= 15 is 0 Å². The predicted molar refractivity (Wildman–Crippen MR) is 60.0 cm³/mol. The lowest BCUT2D eigenvalue weighted by atomic mass is 10.1. The lowest BCUT2D eigenvalue weighted by molar-refractivity contribution is -0.115. The maximum absolute atomic E-state index is 11.2. The Labute approximate surface area is 90.5 Å². The van der Waals surface area contributed by atoms with E-state index in [2.05, 4.69) is 5.32 Å². The highest BCUT2D eigenvalue weighted by Crippen LogP contribution is 2.26. The Morgan fingerprint density at radius 3 is 2.60 bits per heavy atom. The summed E-state index contributed by atoms with van der Waals surface area (Å²) in [4.78, 5) is 22.5. The van der Waals surface area contributed by atoms with Crippen molar-refractivity contribution < 1.29 is 9.59 Å². The lowest BCUT2D eigenvalue weighted by Crippen LogP contribution is -2.17. The summed E-state index contributed by atoms with van der Waals surface area (Å²) in [5.41, 5.74) is 7.03. The fourth-order valence-corrected chi connectivity index (χ4v) is 1.88. The summed E-state index contributed by atoms with van der Waals surface area (Å²) in [6.45, 7) is 0. The summed E-state index contributed by atoms with van der Waals surface area (Å²) in [6.07, 6.45) is 1.61. The molecular formula is C10H8N2O2S. The third-order valence-electron chi connectivity index (χ3n) is 1.92. The van der Waals surface area contributed by atoms with Crippen molar-refractivity contribution in [3.63, 3.8) is 0 Å². The number of rotatable bonds is 1. The molecule has 0 aromatic heterocycles. The summed E-state index contributed by atoms with van der Waals surface area (Å²) in [5, 5.41) is 1.84. The molecule has 0 unspecified atom stereocenters. The van der Waals surface area contributed by atoms with Gasteiger partial charge in [-0.1, -0.05) is 18.2 Å². The van der Waals surface area contributed by atoms with E-state index in [1.54, 1.807) is 18.2 Å². The van der Waals surface area contributed by atoms with Gasteiger partial charge in [0.25, 0.3) is 11.1 Å². The van der Waals surface area contributed by atoms with Crippen LogP contribution in [0.4, 0.5) is 10.5 Å². The number of amides is 2. The Kier molecular flexibility index (Phi) is 2.47. The van der Waals surface area contributed by atoms with Gasteiger partial charge < -0.3 is 5.73 Å². The van der Waals surface area contributed by atoms with E-state index in [0.717, 1.165) is 17.3 Å². The molecule has 0 bridgehead atoms. The van der Waals surface area contributed by atoms with Crippen LogP contribution in [0.2, 0.25) is 0 Å². The maximum Gasteiger partial charge on any atom is 0.290 e. The van der Waals surface area contributed by atoms with Gasteiger partial charge in [-0.05, 0) is 29.5 Å². The highest BCUT2D eigenvalue weighted by Gasteiger charge is 2.24. The standard InChI is InChI=1S/C10H8N2O2S/c11-7-4-2-1-3-6(7)5-8-9(13)12-10(14)15-8/h1-5H,11H2,(H,12,13,14)/b8-5-. The Bertz CT molecular complexity index is 468. The van der Waals surface area contributed by atoms with E-state index < -0.39 is 0 Å². The van der Waals surface area contributed by atoms with Gasteiger partial charge in [-0.15, -0.1) is 0 Å². The number of imide groups is 1. The highest BCUT2D eigenvalue weighted by atomic mass is 32.2. The first-order valence-electron chi connectivity index (χ1n) is 4.26. The average molecular weight is 220 g/mol. The van der Waals surface area contributed by atoms with Crippen molar-refractivity contribution in [1.82, 2.24) is 5.32 Å². The number of thioether (sulfide) groups is 1. The second-order valence-electron chi connectivity index (χ2n) is 2.98. The zero-order valence-electron chi connectivity index (χ0n) is 7.69. The summed E-state index contributed by atoms with van der Waals surface area (Å²) < 4.78 is 0. The zero-order valence-corrected chi connectivity index (χ0v) is 8.51. The fourth-order valence-electron chi connectivity index (χ4n) is 1.20. The Morgan fingerprint density at radius 1 is 1.27 bits per heavy atom. The van der Waals surface area contributed by atoms with Crippen LogP contribution >= 0.6 is 11.8 Å². The monoisotopic (exact) mass is 220 g/mol. The number of carbonyl (C=O) groups is 2. The number of nitrogens with one attached hydrogen (secondary N) is 1. The molecule has 0 saturated carbocycles. The molecule has 0 aliphatic carbocycles. The number of hydrogen-bond donors (Lipinski definition) is 2. The number of para-hydroxylation sites is 1. The summed E-state index contributed by atoms with van der Waals surface area (Å²) >= 11 is 0.883. The number of anilines is 1. The molecule has 1 aromatic carbocycles. The molecule has 4 nitrogen and oxygen atoms in total. The van der Waals surface area contributed by atoms with Gasteiger partial charge in [-0.25, -0.2) is 0 Å². The molecule has 1 saturated heterocycles. The van der Waals surface area contributed by atoms with Gasteiger partial charge in [-0.3, -0.25) is 14.9 Å². The van der Waals surface area contributed by atoms with Crippen LogP contribution in [0.25, 0.3) is 6.08 Å². The van der Waals surface area contributed by atoms with Crippen molar-refractivity contribution in [2.75, 3.05) is 5.73 Å². The van der Waals surface area contributed by atoms with Crippen LogP contribution in [0.15, 0.2) is 29.2 Å².